The minimum Gasteiger partial charge on any atom is -0.497 e. The maximum atomic E-state index is 13.2. The average Bonchev–Trinajstić information content (AvgIpc) is 2.74. The zero-order valence-corrected chi connectivity index (χ0v) is 16.7. The summed E-state index contributed by atoms with van der Waals surface area (Å²) in [6.07, 6.45) is -1.12. The van der Waals surface area contributed by atoms with Gasteiger partial charge in [0.05, 0.1) is 18.4 Å². The van der Waals surface area contributed by atoms with E-state index in [1.54, 1.807) is 55.8 Å². The van der Waals surface area contributed by atoms with Crippen molar-refractivity contribution in [2.75, 3.05) is 7.11 Å². The van der Waals surface area contributed by atoms with E-state index in [2.05, 4.69) is 4.99 Å². The van der Waals surface area contributed by atoms with Crippen molar-refractivity contribution >= 4 is 28.6 Å². The molecule has 154 valence electrons. The van der Waals surface area contributed by atoms with Gasteiger partial charge >= 0.3 is 6.18 Å². The van der Waals surface area contributed by atoms with E-state index in [1.807, 2.05) is 0 Å². The van der Waals surface area contributed by atoms with E-state index in [0.717, 1.165) is 17.0 Å². The number of halogens is 4. The minimum absolute atomic E-state index is 0.361. The second-order valence-corrected chi connectivity index (χ2v) is 7.25. The summed E-state index contributed by atoms with van der Waals surface area (Å²) in [4.78, 5) is 5.77. The number of rotatable bonds is 6. The molecule has 0 aliphatic rings. The molecule has 0 atom stereocenters. The summed E-state index contributed by atoms with van der Waals surface area (Å²) in [6, 6.07) is 17.9. The fourth-order valence-electron chi connectivity index (χ4n) is 2.50. The van der Waals surface area contributed by atoms with Crippen LogP contribution in [0.15, 0.2) is 88.8 Å². The first kappa shape index (κ1) is 21.6. The van der Waals surface area contributed by atoms with Crippen molar-refractivity contribution in [2.24, 2.45) is 4.99 Å². The summed E-state index contributed by atoms with van der Waals surface area (Å²) in [5.41, 5.74) is 0.577. The third kappa shape index (κ3) is 5.97. The standard InChI is InChI=1S/C23H17F4NOS/c1-29-20-10-8-19(9-11-20)28-15-14-22(30-21-12-6-18(24)7-13-21)16-2-4-17(5-3-16)23(25,26)27/h2-15H,1H3. The van der Waals surface area contributed by atoms with Gasteiger partial charge in [0.25, 0.3) is 0 Å². The molecule has 0 fully saturated rings. The number of ether oxygens (including phenoxy) is 1. The molecule has 3 aromatic carbocycles. The molecule has 0 saturated heterocycles. The van der Waals surface area contributed by atoms with Gasteiger partial charge in [0.1, 0.15) is 11.6 Å². The lowest BCUT2D eigenvalue weighted by atomic mass is 10.1. The summed E-state index contributed by atoms with van der Waals surface area (Å²) in [5, 5.41) is 0. The third-order valence-electron chi connectivity index (χ3n) is 4.06. The molecule has 0 bridgehead atoms. The summed E-state index contributed by atoms with van der Waals surface area (Å²) in [6.45, 7) is 0. The van der Waals surface area contributed by atoms with Crippen LogP contribution in [0.3, 0.4) is 0 Å². The van der Waals surface area contributed by atoms with Crippen molar-refractivity contribution in [3.05, 3.63) is 95.8 Å². The Kier molecular flexibility index (Phi) is 6.95. The fourth-order valence-corrected chi connectivity index (χ4v) is 3.41. The molecule has 0 unspecified atom stereocenters. The third-order valence-corrected chi connectivity index (χ3v) is 5.16. The van der Waals surface area contributed by atoms with Gasteiger partial charge in [-0.05, 0) is 72.3 Å². The van der Waals surface area contributed by atoms with Gasteiger partial charge in [-0.2, -0.15) is 13.2 Å². The van der Waals surface area contributed by atoms with Crippen molar-refractivity contribution < 1.29 is 22.3 Å². The Balaban J connectivity index is 1.88. The Morgan fingerprint density at radius 2 is 1.53 bits per heavy atom. The number of methoxy groups -OCH3 is 1. The normalized spacial score (nSPS) is 12.4. The Hall–Kier alpha value is -3.06. The van der Waals surface area contributed by atoms with Crippen LogP contribution in [0.4, 0.5) is 23.2 Å². The van der Waals surface area contributed by atoms with Crippen LogP contribution in [0.1, 0.15) is 11.1 Å². The highest BCUT2D eigenvalue weighted by Gasteiger charge is 2.30. The maximum absolute atomic E-state index is 13.2. The summed E-state index contributed by atoms with van der Waals surface area (Å²) in [5.74, 6) is 0.349. The van der Waals surface area contributed by atoms with Crippen LogP contribution in [0.25, 0.3) is 4.91 Å². The summed E-state index contributed by atoms with van der Waals surface area (Å²) >= 11 is 1.31. The Bertz CT molecular complexity index is 1020. The molecule has 0 heterocycles. The molecule has 30 heavy (non-hydrogen) atoms. The van der Waals surface area contributed by atoms with E-state index in [9.17, 15) is 17.6 Å². The van der Waals surface area contributed by atoms with Crippen LogP contribution >= 0.6 is 11.8 Å². The van der Waals surface area contributed by atoms with E-state index in [0.29, 0.717) is 21.9 Å². The predicted octanol–water partition coefficient (Wildman–Crippen LogP) is 7.39. The lowest BCUT2D eigenvalue weighted by molar-refractivity contribution is -0.137. The number of aliphatic imine (C=N–C) groups is 1. The van der Waals surface area contributed by atoms with Crippen molar-refractivity contribution in [1.29, 1.82) is 0 Å². The van der Waals surface area contributed by atoms with Crippen molar-refractivity contribution in [1.82, 2.24) is 0 Å². The van der Waals surface area contributed by atoms with Crippen molar-refractivity contribution in [3.8, 4) is 5.75 Å². The van der Waals surface area contributed by atoms with Crippen LogP contribution in [0.2, 0.25) is 0 Å². The second-order valence-electron chi connectivity index (χ2n) is 6.14. The van der Waals surface area contributed by atoms with Gasteiger partial charge in [0.2, 0.25) is 0 Å². The van der Waals surface area contributed by atoms with Crippen LogP contribution in [-0.2, 0) is 6.18 Å². The minimum atomic E-state index is -4.40. The van der Waals surface area contributed by atoms with E-state index >= 15 is 0 Å². The number of allylic oxidation sites excluding steroid dienone is 1. The zero-order chi connectivity index (χ0) is 21.6. The predicted molar refractivity (Wildman–Crippen MR) is 113 cm³/mol. The van der Waals surface area contributed by atoms with Gasteiger partial charge in [-0.3, -0.25) is 4.99 Å². The first-order chi connectivity index (χ1) is 14.3. The molecule has 3 rings (SSSR count). The number of hydrogen-bond donors (Lipinski definition) is 0. The molecule has 0 radical (unpaired) electrons. The van der Waals surface area contributed by atoms with Crippen LogP contribution in [0, 0.1) is 5.82 Å². The molecular weight excluding hydrogens is 414 g/mol. The lowest BCUT2D eigenvalue weighted by Gasteiger charge is -2.10. The van der Waals surface area contributed by atoms with Gasteiger partial charge in [-0.1, -0.05) is 23.9 Å². The molecule has 0 aromatic heterocycles. The second kappa shape index (κ2) is 9.63. The molecule has 2 nitrogen and oxygen atoms in total. The first-order valence-corrected chi connectivity index (χ1v) is 9.66. The molecule has 0 spiro atoms. The topological polar surface area (TPSA) is 21.6 Å². The van der Waals surface area contributed by atoms with Crippen molar-refractivity contribution in [3.63, 3.8) is 0 Å². The number of hydrogen-bond acceptors (Lipinski definition) is 3. The summed E-state index contributed by atoms with van der Waals surface area (Å²) < 4.78 is 56.9. The van der Waals surface area contributed by atoms with Gasteiger partial charge in [0, 0.05) is 16.0 Å². The molecule has 0 aliphatic carbocycles. The number of nitrogens with zero attached hydrogens (tertiary/aromatic N) is 1. The van der Waals surface area contributed by atoms with E-state index in [4.69, 9.17) is 4.74 Å². The van der Waals surface area contributed by atoms with E-state index in [1.165, 1.54) is 36.0 Å². The number of benzene rings is 3. The molecular formula is C23H17F4NOS. The van der Waals surface area contributed by atoms with Gasteiger partial charge in [-0.15, -0.1) is 0 Å². The van der Waals surface area contributed by atoms with E-state index in [-0.39, 0.29) is 5.82 Å². The largest absolute Gasteiger partial charge is 0.497 e. The van der Waals surface area contributed by atoms with Gasteiger partial charge < -0.3 is 4.74 Å². The summed E-state index contributed by atoms with van der Waals surface area (Å²) in [7, 11) is 1.57. The van der Waals surface area contributed by atoms with Gasteiger partial charge in [-0.25, -0.2) is 4.39 Å². The molecule has 0 saturated carbocycles. The Morgan fingerprint density at radius 3 is 2.10 bits per heavy atom. The molecule has 7 heteroatoms. The Labute approximate surface area is 175 Å². The smallest absolute Gasteiger partial charge is 0.416 e. The Morgan fingerprint density at radius 1 is 0.900 bits per heavy atom. The van der Waals surface area contributed by atoms with E-state index < -0.39 is 11.7 Å². The SMILES string of the molecule is COc1ccc(N=CC=C(Sc2ccc(F)cc2)c2ccc(C(F)(F)F)cc2)cc1. The molecule has 0 N–H and O–H groups in total. The van der Waals surface area contributed by atoms with Gasteiger partial charge in [0.15, 0.2) is 0 Å². The molecule has 0 aliphatic heterocycles. The van der Waals surface area contributed by atoms with Crippen LogP contribution in [-0.4, -0.2) is 13.3 Å². The highest BCUT2D eigenvalue weighted by Crippen LogP contribution is 2.36. The number of thioether (sulfide) groups is 1. The quantitative estimate of drug-likeness (QED) is 0.231. The maximum Gasteiger partial charge on any atom is 0.416 e. The zero-order valence-electron chi connectivity index (χ0n) is 15.9. The highest BCUT2D eigenvalue weighted by molar-refractivity contribution is 8.08. The monoisotopic (exact) mass is 431 g/mol. The van der Waals surface area contributed by atoms with Crippen LogP contribution in [0.5, 0.6) is 5.75 Å². The molecule has 0 amide bonds. The van der Waals surface area contributed by atoms with Crippen molar-refractivity contribution in [2.45, 2.75) is 11.1 Å². The molecule has 3 aromatic rings. The number of alkyl halides is 3. The van der Waals surface area contributed by atoms with Crippen LogP contribution < -0.4 is 4.74 Å². The lowest BCUT2D eigenvalue weighted by Crippen LogP contribution is -2.04. The highest BCUT2D eigenvalue weighted by atomic mass is 32.2. The average molecular weight is 431 g/mol. The fraction of sp³-hybridized carbons (Fsp3) is 0.0870. The first-order valence-electron chi connectivity index (χ1n) is 8.84.